The number of hydrogen-bond donors (Lipinski definition) is 0. The molecule has 1 fully saturated rings. The summed E-state index contributed by atoms with van der Waals surface area (Å²) in [6.07, 6.45) is 0.892. The first-order valence-corrected chi connectivity index (χ1v) is 9.82. The maximum Gasteiger partial charge on any atom is 0.260 e. The summed E-state index contributed by atoms with van der Waals surface area (Å²) in [7, 11) is 0. The number of fused-ring (bicyclic) bond motifs is 1. The summed E-state index contributed by atoms with van der Waals surface area (Å²) >= 11 is 0. The zero-order chi connectivity index (χ0) is 19.3. The number of hydrogen-bond acceptors (Lipinski definition) is 5. The molecule has 4 rings (SSSR count). The van der Waals surface area contributed by atoms with Crippen LogP contribution in [0.1, 0.15) is 18.1 Å². The molecular formula is C22H26N2O4. The van der Waals surface area contributed by atoms with Crippen molar-refractivity contribution in [3.05, 3.63) is 53.6 Å². The molecule has 2 aliphatic heterocycles. The van der Waals surface area contributed by atoms with Gasteiger partial charge in [-0.2, -0.15) is 0 Å². The SMILES string of the molecule is CCc1ccccc1OCC(=O)N1CCN(Cc2ccc3c(c2)OCO3)CC1. The lowest BCUT2D eigenvalue weighted by Crippen LogP contribution is -2.49. The van der Waals surface area contributed by atoms with Gasteiger partial charge in [0.25, 0.3) is 5.91 Å². The van der Waals surface area contributed by atoms with E-state index >= 15 is 0 Å². The van der Waals surface area contributed by atoms with Crippen molar-refractivity contribution in [2.45, 2.75) is 19.9 Å². The molecule has 0 atom stereocenters. The first kappa shape index (κ1) is 18.6. The summed E-state index contributed by atoms with van der Waals surface area (Å²) in [5.74, 6) is 2.48. The Labute approximate surface area is 165 Å². The minimum atomic E-state index is 0.0497. The second kappa shape index (κ2) is 8.52. The zero-order valence-corrected chi connectivity index (χ0v) is 16.2. The van der Waals surface area contributed by atoms with E-state index < -0.39 is 0 Å². The van der Waals surface area contributed by atoms with Gasteiger partial charge in [0, 0.05) is 32.7 Å². The zero-order valence-electron chi connectivity index (χ0n) is 16.2. The lowest BCUT2D eigenvalue weighted by molar-refractivity contribution is -0.135. The highest BCUT2D eigenvalue weighted by molar-refractivity contribution is 5.78. The molecular weight excluding hydrogens is 356 g/mol. The molecule has 0 bridgehead atoms. The van der Waals surface area contributed by atoms with E-state index in [1.165, 1.54) is 5.56 Å². The topological polar surface area (TPSA) is 51.2 Å². The largest absolute Gasteiger partial charge is 0.483 e. The van der Waals surface area contributed by atoms with Crippen molar-refractivity contribution in [3.63, 3.8) is 0 Å². The van der Waals surface area contributed by atoms with Crippen molar-refractivity contribution >= 4 is 5.91 Å². The lowest BCUT2D eigenvalue weighted by atomic mass is 10.1. The Balaban J connectivity index is 1.25. The van der Waals surface area contributed by atoms with Crippen molar-refractivity contribution in [2.75, 3.05) is 39.6 Å². The van der Waals surface area contributed by atoms with E-state index in [-0.39, 0.29) is 12.5 Å². The van der Waals surface area contributed by atoms with Crippen LogP contribution >= 0.6 is 0 Å². The lowest BCUT2D eigenvalue weighted by Gasteiger charge is -2.34. The monoisotopic (exact) mass is 382 g/mol. The Morgan fingerprint density at radius 3 is 2.64 bits per heavy atom. The molecule has 148 valence electrons. The standard InChI is InChI=1S/C22H26N2O4/c1-2-18-5-3-4-6-19(18)26-15-22(25)24-11-9-23(10-12-24)14-17-7-8-20-21(13-17)28-16-27-20/h3-8,13H,2,9-12,14-16H2,1H3. The number of para-hydroxylation sites is 1. The summed E-state index contributed by atoms with van der Waals surface area (Å²) in [4.78, 5) is 16.8. The highest BCUT2D eigenvalue weighted by Gasteiger charge is 2.22. The van der Waals surface area contributed by atoms with Crippen molar-refractivity contribution in [1.29, 1.82) is 0 Å². The first-order chi connectivity index (χ1) is 13.7. The fraction of sp³-hybridized carbons (Fsp3) is 0.409. The number of carbonyl (C=O) groups excluding carboxylic acids is 1. The van der Waals surface area contributed by atoms with Crippen molar-refractivity contribution in [1.82, 2.24) is 9.80 Å². The van der Waals surface area contributed by atoms with Gasteiger partial charge in [-0.1, -0.05) is 31.2 Å². The van der Waals surface area contributed by atoms with Gasteiger partial charge in [-0.3, -0.25) is 9.69 Å². The number of aryl methyl sites for hydroxylation is 1. The van der Waals surface area contributed by atoms with E-state index in [2.05, 4.69) is 17.9 Å². The maximum absolute atomic E-state index is 12.5. The molecule has 2 heterocycles. The molecule has 6 heteroatoms. The van der Waals surface area contributed by atoms with Crippen LogP contribution in [0.15, 0.2) is 42.5 Å². The predicted octanol–water partition coefficient (Wildman–Crippen LogP) is 2.70. The third kappa shape index (κ3) is 4.22. The van der Waals surface area contributed by atoms with Gasteiger partial charge in [-0.25, -0.2) is 0 Å². The van der Waals surface area contributed by atoms with Crippen molar-refractivity contribution in [2.24, 2.45) is 0 Å². The summed E-state index contributed by atoms with van der Waals surface area (Å²) in [5.41, 5.74) is 2.33. The molecule has 1 saturated heterocycles. The smallest absolute Gasteiger partial charge is 0.260 e. The Morgan fingerprint density at radius 1 is 1.04 bits per heavy atom. The number of piperazine rings is 1. The van der Waals surface area contributed by atoms with Gasteiger partial charge < -0.3 is 19.1 Å². The van der Waals surface area contributed by atoms with Gasteiger partial charge in [0.2, 0.25) is 6.79 Å². The normalized spacial score (nSPS) is 16.2. The Hall–Kier alpha value is -2.73. The fourth-order valence-corrected chi connectivity index (χ4v) is 3.62. The first-order valence-electron chi connectivity index (χ1n) is 9.82. The van der Waals surface area contributed by atoms with Crippen LogP contribution in [0, 0.1) is 0 Å². The molecule has 0 spiro atoms. The average molecular weight is 382 g/mol. The van der Waals surface area contributed by atoms with Crippen LogP contribution in [-0.2, 0) is 17.8 Å². The quantitative estimate of drug-likeness (QED) is 0.769. The van der Waals surface area contributed by atoms with Crippen LogP contribution in [0.3, 0.4) is 0 Å². The summed E-state index contributed by atoms with van der Waals surface area (Å²) in [6.45, 7) is 6.48. The minimum Gasteiger partial charge on any atom is -0.483 e. The van der Waals surface area contributed by atoms with Crippen LogP contribution in [0.5, 0.6) is 17.2 Å². The number of benzene rings is 2. The van der Waals surface area contributed by atoms with Gasteiger partial charge in [0.1, 0.15) is 5.75 Å². The number of nitrogens with zero attached hydrogens (tertiary/aromatic N) is 2. The highest BCUT2D eigenvalue weighted by Crippen LogP contribution is 2.32. The number of rotatable bonds is 6. The van der Waals surface area contributed by atoms with Crippen LogP contribution < -0.4 is 14.2 Å². The van der Waals surface area contributed by atoms with Crippen molar-refractivity contribution < 1.29 is 19.0 Å². The third-order valence-electron chi connectivity index (χ3n) is 5.27. The van der Waals surface area contributed by atoms with Crippen LogP contribution in [-0.4, -0.2) is 55.3 Å². The average Bonchev–Trinajstić information content (AvgIpc) is 3.20. The van der Waals surface area contributed by atoms with Gasteiger partial charge in [0.05, 0.1) is 0 Å². The highest BCUT2D eigenvalue weighted by atomic mass is 16.7. The fourth-order valence-electron chi connectivity index (χ4n) is 3.62. The molecule has 2 aliphatic rings. The van der Waals surface area contributed by atoms with Crippen LogP contribution in [0.2, 0.25) is 0 Å². The molecule has 28 heavy (non-hydrogen) atoms. The van der Waals surface area contributed by atoms with Gasteiger partial charge in [-0.05, 0) is 35.7 Å². The maximum atomic E-state index is 12.5. The molecule has 2 aromatic rings. The minimum absolute atomic E-state index is 0.0497. The third-order valence-corrected chi connectivity index (χ3v) is 5.27. The Morgan fingerprint density at radius 2 is 1.82 bits per heavy atom. The van der Waals surface area contributed by atoms with E-state index in [1.807, 2.05) is 41.3 Å². The van der Waals surface area contributed by atoms with Crippen LogP contribution in [0.25, 0.3) is 0 Å². The van der Waals surface area contributed by atoms with E-state index in [0.29, 0.717) is 6.79 Å². The van der Waals surface area contributed by atoms with E-state index in [4.69, 9.17) is 14.2 Å². The Kier molecular flexibility index (Phi) is 5.67. The second-order valence-electron chi connectivity index (χ2n) is 7.09. The molecule has 6 nitrogen and oxygen atoms in total. The number of amides is 1. The van der Waals surface area contributed by atoms with E-state index in [1.54, 1.807) is 0 Å². The molecule has 0 aromatic heterocycles. The van der Waals surface area contributed by atoms with Gasteiger partial charge in [-0.15, -0.1) is 0 Å². The summed E-state index contributed by atoms with van der Waals surface area (Å²) < 4.78 is 16.6. The number of carbonyl (C=O) groups is 1. The summed E-state index contributed by atoms with van der Waals surface area (Å²) in [6, 6.07) is 14.0. The molecule has 0 N–H and O–H groups in total. The molecule has 2 aromatic carbocycles. The number of ether oxygens (including phenoxy) is 3. The molecule has 0 unspecified atom stereocenters. The molecule has 1 amide bonds. The second-order valence-corrected chi connectivity index (χ2v) is 7.09. The Bertz CT molecular complexity index is 831. The molecule has 0 aliphatic carbocycles. The summed E-state index contributed by atoms with van der Waals surface area (Å²) in [5, 5.41) is 0. The van der Waals surface area contributed by atoms with E-state index in [9.17, 15) is 4.79 Å². The van der Waals surface area contributed by atoms with Crippen molar-refractivity contribution in [3.8, 4) is 17.2 Å². The molecule has 0 radical (unpaired) electrons. The van der Waals surface area contributed by atoms with E-state index in [0.717, 1.165) is 62.0 Å². The van der Waals surface area contributed by atoms with Crippen LogP contribution in [0.4, 0.5) is 0 Å². The molecule has 0 saturated carbocycles. The predicted molar refractivity (Wildman–Crippen MR) is 106 cm³/mol. The van der Waals surface area contributed by atoms with Gasteiger partial charge >= 0.3 is 0 Å². The van der Waals surface area contributed by atoms with Gasteiger partial charge in [0.15, 0.2) is 18.1 Å².